The fourth-order valence-corrected chi connectivity index (χ4v) is 3.06. The number of hydrogen-bond donors (Lipinski definition) is 0. The van der Waals surface area contributed by atoms with Crippen LogP contribution in [-0.4, -0.2) is 29.9 Å². The molecule has 126 valence electrons. The molecule has 2 aromatic rings. The molecule has 1 amide bonds. The molecule has 0 aliphatic carbocycles. The van der Waals surface area contributed by atoms with Gasteiger partial charge in [-0.25, -0.2) is 8.78 Å². The van der Waals surface area contributed by atoms with Crippen molar-refractivity contribution in [2.45, 2.75) is 19.5 Å². The van der Waals surface area contributed by atoms with Crippen LogP contribution in [0.3, 0.4) is 0 Å². The van der Waals surface area contributed by atoms with Gasteiger partial charge in [0.1, 0.15) is 11.6 Å². The number of hydrogen-bond acceptors (Lipinski definition) is 2. The molecule has 1 aliphatic heterocycles. The average molecular weight is 351 g/mol. The Bertz CT molecular complexity index is 768. The molecule has 2 aromatic carbocycles. The summed E-state index contributed by atoms with van der Waals surface area (Å²) in [7, 11) is 0. The topological polar surface area (TPSA) is 23.6 Å². The predicted molar refractivity (Wildman–Crippen MR) is 90.0 cm³/mol. The maximum atomic E-state index is 13.8. The molecule has 1 fully saturated rings. The molecular weight excluding hydrogens is 334 g/mol. The highest BCUT2D eigenvalue weighted by molar-refractivity contribution is 6.31. The van der Waals surface area contributed by atoms with Gasteiger partial charge in [-0.2, -0.15) is 0 Å². The van der Waals surface area contributed by atoms with E-state index in [0.29, 0.717) is 30.9 Å². The molecule has 24 heavy (non-hydrogen) atoms. The van der Waals surface area contributed by atoms with E-state index in [4.69, 9.17) is 11.6 Å². The van der Waals surface area contributed by atoms with E-state index in [1.54, 1.807) is 36.1 Å². The zero-order valence-corrected chi connectivity index (χ0v) is 13.9. The van der Waals surface area contributed by atoms with Crippen molar-refractivity contribution in [1.82, 2.24) is 4.90 Å². The van der Waals surface area contributed by atoms with Crippen LogP contribution in [0.2, 0.25) is 5.02 Å². The predicted octanol–water partition coefficient (Wildman–Crippen LogP) is 3.86. The molecule has 0 N–H and O–H groups in total. The van der Waals surface area contributed by atoms with Crippen LogP contribution >= 0.6 is 11.6 Å². The van der Waals surface area contributed by atoms with Gasteiger partial charge in [-0.15, -0.1) is 0 Å². The van der Waals surface area contributed by atoms with Crippen LogP contribution in [0.1, 0.15) is 12.5 Å². The van der Waals surface area contributed by atoms with Crippen LogP contribution in [0.5, 0.6) is 0 Å². The largest absolute Gasteiger partial charge is 0.310 e. The molecule has 0 bridgehead atoms. The fourth-order valence-electron chi connectivity index (χ4n) is 2.88. The monoisotopic (exact) mass is 350 g/mol. The number of nitrogens with zero attached hydrogens (tertiary/aromatic N) is 2. The number of piperazine rings is 1. The van der Waals surface area contributed by atoms with Gasteiger partial charge < -0.3 is 4.90 Å². The van der Waals surface area contributed by atoms with Crippen molar-refractivity contribution in [2.24, 2.45) is 0 Å². The zero-order chi connectivity index (χ0) is 17.3. The lowest BCUT2D eigenvalue weighted by atomic mass is 10.1. The zero-order valence-electron chi connectivity index (χ0n) is 13.2. The van der Waals surface area contributed by atoms with E-state index in [0.717, 1.165) is 0 Å². The Hall–Kier alpha value is -1.98. The smallest absolute Gasteiger partial charge is 0.244 e. The van der Waals surface area contributed by atoms with E-state index in [1.807, 2.05) is 4.90 Å². The Morgan fingerprint density at radius 2 is 1.88 bits per heavy atom. The van der Waals surface area contributed by atoms with E-state index in [9.17, 15) is 13.6 Å². The molecule has 0 unspecified atom stereocenters. The third-order valence-electron chi connectivity index (χ3n) is 4.33. The molecule has 1 heterocycles. The number of carbonyl (C=O) groups excluding carboxylic acids is 1. The van der Waals surface area contributed by atoms with Gasteiger partial charge in [-0.1, -0.05) is 29.8 Å². The van der Waals surface area contributed by atoms with Crippen LogP contribution in [0.25, 0.3) is 0 Å². The molecule has 3 rings (SSSR count). The van der Waals surface area contributed by atoms with Gasteiger partial charge in [-0.3, -0.25) is 9.69 Å². The number of halogens is 3. The fraction of sp³-hybridized carbons (Fsp3) is 0.278. The van der Waals surface area contributed by atoms with Crippen molar-refractivity contribution < 1.29 is 13.6 Å². The van der Waals surface area contributed by atoms with Crippen LogP contribution in [-0.2, 0) is 11.3 Å². The highest BCUT2D eigenvalue weighted by atomic mass is 35.5. The van der Waals surface area contributed by atoms with Crippen LogP contribution in [0.15, 0.2) is 42.5 Å². The van der Waals surface area contributed by atoms with Crippen LogP contribution in [0.4, 0.5) is 14.5 Å². The first-order valence-corrected chi connectivity index (χ1v) is 8.09. The second-order valence-electron chi connectivity index (χ2n) is 5.83. The van der Waals surface area contributed by atoms with Gasteiger partial charge in [0, 0.05) is 30.9 Å². The summed E-state index contributed by atoms with van der Waals surface area (Å²) in [5, 5.41) is -0.0123. The van der Waals surface area contributed by atoms with Crippen molar-refractivity contribution in [2.75, 3.05) is 18.0 Å². The lowest BCUT2D eigenvalue weighted by Gasteiger charge is -2.39. The third kappa shape index (κ3) is 3.28. The van der Waals surface area contributed by atoms with Crippen LogP contribution in [0, 0.1) is 11.6 Å². The number of benzene rings is 2. The second kappa shape index (κ2) is 6.87. The lowest BCUT2D eigenvalue weighted by molar-refractivity contribution is -0.125. The summed E-state index contributed by atoms with van der Waals surface area (Å²) in [5.74, 6) is -0.899. The molecule has 3 nitrogen and oxygen atoms in total. The lowest BCUT2D eigenvalue weighted by Crippen LogP contribution is -2.55. The minimum Gasteiger partial charge on any atom is -0.310 e. The Labute approximate surface area is 144 Å². The maximum Gasteiger partial charge on any atom is 0.244 e. The average Bonchev–Trinajstić information content (AvgIpc) is 2.57. The molecule has 0 saturated carbocycles. The summed E-state index contributed by atoms with van der Waals surface area (Å²) in [6.45, 7) is 3.20. The maximum absolute atomic E-state index is 13.8. The molecule has 0 radical (unpaired) electrons. The molecule has 0 spiro atoms. The van der Waals surface area contributed by atoms with E-state index in [2.05, 4.69) is 0 Å². The molecule has 1 aliphatic rings. The molecule has 1 saturated heterocycles. The summed E-state index contributed by atoms with van der Waals surface area (Å²) in [4.78, 5) is 16.2. The Balaban J connectivity index is 1.76. The first-order valence-electron chi connectivity index (χ1n) is 7.71. The Morgan fingerprint density at radius 1 is 1.12 bits per heavy atom. The number of carbonyl (C=O) groups is 1. The third-order valence-corrected chi connectivity index (χ3v) is 4.62. The van der Waals surface area contributed by atoms with E-state index in [1.165, 1.54) is 18.2 Å². The Kier molecular flexibility index (Phi) is 4.83. The van der Waals surface area contributed by atoms with Crippen molar-refractivity contribution in [3.8, 4) is 0 Å². The summed E-state index contributed by atoms with van der Waals surface area (Å²) in [6.07, 6.45) is 0. The van der Waals surface area contributed by atoms with Gasteiger partial charge in [0.05, 0.1) is 11.1 Å². The number of amides is 1. The summed E-state index contributed by atoms with van der Waals surface area (Å²) < 4.78 is 27.1. The SMILES string of the molecule is C[C@@H]1C(=O)N(c2ccc(F)c(Cl)c2)CCN1Cc1ccccc1F. The minimum absolute atomic E-state index is 0.0123. The summed E-state index contributed by atoms with van der Waals surface area (Å²) in [5.41, 5.74) is 1.14. The van der Waals surface area contributed by atoms with Crippen molar-refractivity contribution in [3.05, 3.63) is 64.7 Å². The molecule has 1 atom stereocenters. The molecule has 6 heteroatoms. The van der Waals surface area contributed by atoms with Gasteiger partial charge in [0.15, 0.2) is 0 Å². The van der Waals surface area contributed by atoms with Crippen molar-refractivity contribution in [1.29, 1.82) is 0 Å². The van der Waals surface area contributed by atoms with Gasteiger partial charge in [0.2, 0.25) is 5.91 Å². The minimum atomic E-state index is -0.515. The highest BCUT2D eigenvalue weighted by Gasteiger charge is 2.32. The number of anilines is 1. The first kappa shape index (κ1) is 16.9. The standard InChI is InChI=1S/C18H17ClF2N2O/c1-12-18(24)23(14-6-7-17(21)15(19)10-14)9-8-22(12)11-13-4-2-3-5-16(13)20/h2-7,10,12H,8-9,11H2,1H3/t12-/m1/s1. The van der Waals surface area contributed by atoms with Crippen LogP contribution < -0.4 is 4.90 Å². The highest BCUT2D eigenvalue weighted by Crippen LogP contribution is 2.26. The Morgan fingerprint density at radius 3 is 2.58 bits per heavy atom. The summed E-state index contributed by atoms with van der Waals surface area (Å²) >= 11 is 5.81. The summed E-state index contributed by atoms with van der Waals surface area (Å²) in [6, 6.07) is 10.4. The van der Waals surface area contributed by atoms with Gasteiger partial charge >= 0.3 is 0 Å². The molecule has 0 aromatic heterocycles. The molecular formula is C18H17ClF2N2O. The quantitative estimate of drug-likeness (QED) is 0.839. The van der Waals surface area contributed by atoms with Crippen molar-refractivity contribution >= 4 is 23.2 Å². The normalized spacial score (nSPS) is 18.9. The van der Waals surface area contributed by atoms with Gasteiger partial charge in [0.25, 0.3) is 0 Å². The van der Waals surface area contributed by atoms with Crippen molar-refractivity contribution in [3.63, 3.8) is 0 Å². The first-order chi connectivity index (χ1) is 11.5. The van der Waals surface area contributed by atoms with E-state index in [-0.39, 0.29) is 16.7 Å². The van der Waals surface area contributed by atoms with E-state index < -0.39 is 11.9 Å². The van der Waals surface area contributed by atoms with Gasteiger partial charge in [-0.05, 0) is 31.2 Å². The van der Waals surface area contributed by atoms with E-state index >= 15 is 0 Å². The number of rotatable bonds is 3. The second-order valence-corrected chi connectivity index (χ2v) is 6.23.